The van der Waals surface area contributed by atoms with Gasteiger partial charge in [0.15, 0.2) is 0 Å². The third-order valence-electron chi connectivity index (χ3n) is 4.30. The summed E-state index contributed by atoms with van der Waals surface area (Å²) in [6, 6.07) is 9.99. The normalized spacial score (nSPS) is 25.1. The first-order valence-electron chi connectivity index (χ1n) is 7.18. The predicted octanol–water partition coefficient (Wildman–Crippen LogP) is 1.99. The van der Waals surface area contributed by atoms with Gasteiger partial charge in [-0.2, -0.15) is 0 Å². The van der Waals surface area contributed by atoms with Crippen molar-refractivity contribution in [3.05, 3.63) is 35.9 Å². The van der Waals surface area contributed by atoms with E-state index in [1.165, 1.54) is 7.11 Å². The van der Waals surface area contributed by atoms with Crippen LogP contribution in [0.2, 0.25) is 0 Å². The van der Waals surface area contributed by atoms with Crippen molar-refractivity contribution in [1.29, 1.82) is 0 Å². The van der Waals surface area contributed by atoms with E-state index in [1.54, 1.807) is 0 Å². The first kappa shape index (κ1) is 15.0. The number of benzene rings is 1. The molecule has 1 N–H and O–H groups in total. The molecule has 1 aliphatic rings. The maximum atomic E-state index is 11.9. The van der Waals surface area contributed by atoms with E-state index in [4.69, 9.17) is 4.74 Å². The lowest BCUT2D eigenvalue weighted by Crippen LogP contribution is -2.48. The van der Waals surface area contributed by atoms with Gasteiger partial charge in [-0.3, -0.25) is 9.69 Å². The minimum absolute atomic E-state index is 0.0568. The van der Waals surface area contributed by atoms with Gasteiger partial charge in [-0.05, 0) is 31.9 Å². The van der Waals surface area contributed by atoms with Crippen molar-refractivity contribution in [2.24, 2.45) is 5.92 Å². The highest BCUT2D eigenvalue weighted by atomic mass is 16.5. The van der Waals surface area contributed by atoms with Crippen molar-refractivity contribution < 1.29 is 14.6 Å². The SMILES string of the molecule is COC(=O)[C@@H]1CCCN([C@H](CO)c2ccccc2)[C@@H]1C. The van der Waals surface area contributed by atoms with Crippen LogP contribution in [0.5, 0.6) is 0 Å². The molecule has 4 heteroatoms. The van der Waals surface area contributed by atoms with E-state index in [2.05, 4.69) is 4.90 Å². The quantitative estimate of drug-likeness (QED) is 0.855. The van der Waals surface area contributed by atoms with E-state index >= 15 is 0 Å². The highest BCUT2D eigenvalue weighted by Gasteiger charge is 2.37. The molecule has 3 atom stereocenters. The van der Waals surface area contributed by atoms with E-state index < -0.39 is 0 Å². The Morgan fingerprint density at radius 2 is 2.15 bits per heavy atom. The van der Waals surface area contributed by atoms with Crippen molar-refractivity contribution in [3.63, 3.8) is 0 Å². The van der Waals surface area contributed by atoms with Gasteiger partial charge in [-0.25, -0.2) is 0 Å². The molecule has 20 heavy (non-hydrogen) atoms. The zero-order chi connectivity index (χ0) is 14.5. The molecule has 1 saturated heterocycles. The number of aliphatic hydroxyl groups is 1. The van der Waals surface area contributed by atoms with E-state index in [0.29, 0.717) is 0 Å². The summed E-state index contributed by atoms with van der Waals surface area (Å²) in [4.78, 5) is 14.1. The zero-order valence-electron chi connectivity index (χ0n) is 12.2. The lowest BCUT2D eigenvalue weighted by atomic mass is 9.88. The Morgan fingerprint density at radius 1 is 1.45 bits per heavy atom. The molecule has 2 rings (SSSR count). The van der Waals surface area contributed by atoms with Crippen LogP contribution >= 0.6 is 0 Å². The molecule has 1 aromatic carbocycles. The number of esters is 1. The number of piperidine rings is 1. The van der Waals surface area contributed by atoms with Gasteiger partial charge in [0.1, 0.15) is 0 Å². The van der Waals surface area contributed by atoms with Gasteiger partial charge in [0.2, 0.25) is 0 Å². The Hall–Kier alpha value is -1.39. The molecule has 1 fully saturated rings. The average Bonchev–Trinajstić information content (AvgIpc) is 2.50. The molecule has 0 amide bonds. The van der Waals surface area contributed by atoms with Crippen molar-refractivity contribution in [1.82, 2.24) is 4.90 Å². The molecule has 0 bridgehead atoms. The summed E-state index contributed by atoms with van der Waals surface area (Å²) in [7, 11) is 1.44. The second-order valence-electron chi connectivity index (χ2n) is 5.36. The predicted molar refractivity (Wildman–Crippen MR) is 77.2 cm³/mol. The zero-order valence-corrected chi connectivity index (χ0v) is 12.2. The van der Waals surface area contributed by atoms with Crippen LogP contribution in [0, 0.1) is 5.92 Å². The van der Waals surface area contributed by atoms with Crippen LogP contribution in [-0.2, 0) is 9.53 Å². The summed E-state index contributed by atoms with van der Waals surface area (Å²) in [5, 5.41) is 9.77. The van der Waals surface area contributed by atoms with Gasteiger partial charge in [0, 0.05) is 6.04 Å². The minimum Gasteiger partial charge on any atom is -0.469 e. The van der Waals surface area contributed by atoms with Crippen LogP contribution in [0.4, 0.5) is 0 Å². The highest BCUT2D eigenvalue weighted by molar-refractivity contribution is 5.73. The van der Waals surface area contributed by atoms with Crippen molar-refractivity contribution in [2.45, 2.75) is 31.8 Å². The van der Waals surface area contributed by atoms with Crippen LogP contribution in [0.15, 0.2) is 30.3 Å². The minimum atomic E-state index is -0.146. The van der Waals surface area contributed by atoms with Crippen molar-refractivity contribution in [2.75, 3.05) is 20.3 Å². The summed E-state index contributed by atoms with van der Waals surface area (Å²) in [5.41, 5.74) is 1.09. The number of carbonyl (C=O) groups is 1. The largest absolute Gasteiger partial charge is 0.469 e. The van der Waals surface area contributed by atoms with Crippen LogP contribution in [-0.4, -0.2) is 42.3 Å². The van der Waals surface area contributed by atoms with Gasteiger partial charge >= 0.3 is 5.97 Å². The summed E-state index contributed by atoms with van der Waals surface area (Å²) < 4.78 is 4.90. The van der Waals surface area contributed by atoms with Crippen LogP contribution < -0.4 is 0 Å². The molecule has 0 aliphatic carbocycles. The molecule has 0 unspecified atom stereocenters. The first-order chi connectivity index (χ1) is 9.69. The molecule has 0 spiro atoms. The lowest BCUT2D eigenvalue weighted by Gasteiger charge is -2.42. The third-order valence-corrected chi connectivity index (χ3v) is 4.30. The van der Waals surface area contributed by atoms with E-state index in [1.807, 2.05) is 37.3 Å². The monoisotopic (exact) mass is 277 g/mol. The molecule has 1 aliphatic heterocycles. The number of nitrogens with zero attached hydrogens (tertiary/aromatic N) is 1. The van der Waals surface area contributed by atoms with E-state index in [9.17, 15) is 9.90 Å². The summed E-state index contributed by atoms with van der Waals surface area (Å²) in [5.74, 6) is -0.251. The van der Waals surface area contributed by atoms with Gasteiger partial charge in [0.05, 0.1) is 25.7 Å². The first-order valence-corrected chi connectivity index (χ1v) is 7.18. The molecule has 0 aromatic heterocycles. The number of rotatable bonds is 4. The average molecular weight is 277 g/mol. The molecular weight excluding hydrogens is 254 g/mol. The highest BCUT2D eigenvalue weighted by Crippen LogP contribution is 2.32. The lowest BCUT2D eigenvalue weighted by molar-refractivity contribution is -0.150. The molecule has 1 heterocycles. The van der Waals surface area contributed by atoms with Crippen molar-refractivity contribution >= 4 is 5.97 Å². The smallest absolute Gasteiger partial charge is 0.310 e. The Morgan fingerprint density at radius 3 is 2.75 bits per heavy atom. The van der Waals surface area contributed by atoms with Crippen LogP contribution in [0.25, 0.3) is 0 Å². The Kier molecular flexibility index (Phi) is 5.15. The maximum absolute atomic E-state index is 11.9. The topological polar surface area (TPSA) is 49.8 Å². The molecule has 0 radical (unpaired) electrons. The number of methoxy groups -OCH3 is 1. The number of aliphatic hydroxyl groups excluding tert-OH is 1. The second-order valence-corrected chi connectivity index (χ2v) is 5.36. The number of likely N-dealkylation sites (tertiary alicyclic amines) is 1. The molecule has 0 saturated carbocycles. The summed E-state index contributed by atoms with van der Waals surface area (Å²) in [6.07, 6.45) is 1.81. The van der Waals surface area contributed by atoms with E-state index in [-0.39, 0.29) is 30.6 Å². The van der Waals surface area contributed by atoms with Crippen LogP contribution in [0.3, 0.4) is 0 Å². The standard InChI is InChI=1S/C16H23NO3/c1-12-14(16(19)20-2)9-6-10-17(12)15(11-18)13-7-4-3-5-8-13/h3-5,7-8,12,14-15,18H,6,9-11H2,1-2H3/t12-,14-,15-/m1/s1. The molecule has 110 valence electrons. The number of carbonyl (C=O) groups excluding carboxylic acids is 1. The fraction of sp³-hybridized carbons (Fsp3) is 0.562. The van der Waals surface area contributed by atoms with Gasteiger partial charge < -0.3 is 9.84 Å². The van der Waals surface area contributed by atoms with Gasteiger partial charge in [-0.1, -0.05) is 30.3 Å². The third kappa shape index (κ3) is 3.02. The molecule has 4 nitrogen and oxygen atoms in total. The van der Waals surface area contributed by atoms with Gasteiger partial charge in [-0.15, -0.1) is 0 Å². The number of hydrogen-bond acceptors (Lipinski definition) is 4. The Labute approximate surface area is 120 Å². The second kappa shape index (κ2) is 6.86. The fourth-order valence-electron chi connectivity index (χ4n) is 3.15. The maximum Gasteiger partial charge on any atom is 0.310 e. The van der Waals surface area contributed by atoms with Crippen molar-refractivity contribution in [3.8, 4) is 0 Å². The fourth-order valence-corrected chi connectivity index (χ4v) is 3.15. The summed E-state index contributed by atoms with van der Waals surface area (Å²) in [6.45, 7) is 3.00. The Balaban J connectivity index is 2.19. The molecular formula is C16H23NO3. The van der Waals surface area contributed by atoms with Gasteiger partial charge in [0.25, 0.3) is 0 Å². The number of hydrogen-bond donors (Lipinski definition) is 1. The van der Waals surface area contributed by atoms with E-state index in [0.717, 1.165) is 24.9 Å². The Bertz CT molecular complexity index is 435. The molecule has 1 aromatic rings. The number of ether oxygens (including phenoxy) is 1. The summed E-state index contributed by atoms with van der Waals surface area (Å²) >= 11 is 0. The van der Waals surface area contributed by atoms with Crippen LogP contribution in [0.1, 0.15) is 31.4 Å².